The molecule has 0 saturated heterocycles. The summed E-state index contributed by atoms with van der Waals surface area (Å²) in [7, 11) is 0. The third-order valence-corrected chi connectivity index (χ3v) is 3.66. The average molecular weight is 262 g/mol. The van der Waals surface area contributed by atoms with E-state index in [1.54, 1.807) is 0 Å². The van der Waals surface area contributed by atoms with E-state index in [0.29, 0.717) is 17.5 Å². The first-order chi connectivity index (χ1) is 9.16. The van der Waals surface area contributed by atoms with Gasteiger partial charge in [-0.05, 0) is 31.9 Å². The fraction of sp³-hybridized carbons (Fsp3) is 0.533. The Morgan fingerprint density at radius 2 is 2.11 bits per heavy atom. The Balaban J connectivity index is 1.81. The predicted octanol–water partition coefficient (Wildman–Crippen LogP) is 2.40. The van der Waals surface area contributed by atoms with E-state index in [-0.39, 0.29) is 12.5 Å². The SMILES string of the molecule is Cc1c(N)cccc1OCC(=O)NC1CCCCC1. The summed E-state index contributed by atoms with van der Waals surface area (Å²) in [5, 5.41) is 3.03. The molecule has 0 unspecified atom stereocenters. The lowest BCUT2D eigenvalue weighted by atomic mass is 9.95. The largest absolute Gasteiger partial charge is 0.483 e. The highest BCUT2D eigenvalue weighted by Crippen LogP contribution is 2.22. The number of ether oxygens (including phenoxy) is 1. The number of nitrogen functional groups attached to an aromatic ring is 1. The van der Waals surface area contributed by atoms with Crippen molar-refractivity contribution in [3.8, 4) is 5.75 Å². The lowest BCUT2D eigenvalue weighted by Crippen LogP contribution is -2.39. The average Bonchev–Trinajstić information content (AvgIpc) is 2.42. The van der Waals surface area contributed by atoms with E-state index in [4.69, 9.17) is 10.5 Å². The molecular weight excluding hydrogens is 240 g/mol. The fourth-order valence-electron chi connectivity index (χ4n) is 2.45. The Morgan fingerprint density at radius 3 is 2.84 bits per heavy atom. The number of nitrogens with two attached hydrogens (primary N) is 1. The molecule has 1 amide bonds. The molecule has 2 rings (SSSR count). The molecule has 19 heavy (non-hydrogen) atoms. The Labute approximate surface area is 114 Å². The van der Waals surface area contributed by atoms with Crippen LogP contribution in [-0.4, -0.2) is 18.6 Å². The molecule has 1 aromatic rings. The maximum absolute atomic E-state index is 11.8. The van der Waals surface area contributed by atoms with Crippen molar-refractivity contribution in [3.63, 3.8) is 0 Å². The van der Waals surface area contributed by atoms with Crippen LogP contribution in [0, 0.1) is 6.92 Å². The highest BCUT2D eigenvalue weighted by Gasteiger charge is 2.16. The van der Waals surface area contributed by atoms with Gasteiger partial charge in [-0.15, -0.1) is 0 Å². The van der Waals surface area contributed by atoms with Crippen molar-refractivity contribution in [1.29, 1.82) is 0 Å². The first-order valence-corrected chi connectivity index (χ1v) is 6.94. The van der Waals surface area contributed by atoms with Crippen molar-refractivity contribution in [2.45, 2.75) is 45.1 Å². The monoisotopic (exact) mass is 262 g/mol. The molecule has 1 aromatic carbocycles. The molecule has 104 valence electrons. The van der Waals surface area contributed by atoms with Gasteiger partial charge in [-0.1, -0.05) is 25.3 Å². The summed E-state index contributed by atoms with van der Waals surface area (Å²) in [5.74, 6) is 0.632. The summed E-state index contributed by atoms with van der Waals surface area (Å²) in [4.78, 5) is 11.8. The zero-order valence-corrected chi connectivity index (χ0v) is 11.4. The molecule has 0 aliphatic heterocycles. The standard InChI is InChI=1S/C15H22N2O2/c1-11-13(16)8-5-9-14(11)19-10-15(18)17-12-6-3-2-4-7-12/h5,8-9,12H,2-4,6-7,10,16H2,1H3,(H,17,18). The second-order valence-electron chi connectivity index (χ2n) is 5.16. The molecule has 0 bridgehead atoms. The second kappa shape index (κ2) is 6.45. The summed E-state index contributed by atoms with van der Waals surface area (Å²) in [5.41, 5.74) is 7.36. The van der Waals surface area contributed by atoms with E-state index in [1.165, 1.54) is 19.3 Å². The van der Waals surface area contributed by atoms with E-state index in [9.17, 15) is 4.79 Å². The molecule has 3 N–H and O–H groups in total. The summed E-state index contributed by atoms with van der Waals surface area (Å²) in [6.45, 7) is 1.95. The van der Waals surface area contributed by atoms with E-state index in [2.05, 4.69) is 5.32 Å². The van der Waals surface area contributed by atoms with E-state index in [1.807, 2.05) is 25.1 Å². The number of carbonyl (C=O) groups is 1. The van der Waals surface area contributed by atoms with E-state index < -0.39 is 0 Å². The molecule has 0 atom stereocenters. The molecular formula is C15H22N2O2. The maximum atomic E-state index is 11.8. The topological polar surface area (TPSA) is 64.3 Å². The molecule has 1 fully saturated rings. The minimum atomic E-state index is -0.0475. The third kappa shape index (κ3) is 3.88. The first kappa shape index (κ1) is 13.7. The van der Waals surface area contributed by atoms with Gasteiger partial charge in [0.25, 0.3) is 5.91 Å². The summed E-state index contributed by atoms with van der Waals surface area (Å²) in [6, 6.07) is 5.81. The highest BCUT2D eigenvalue weighted by atomic mass is 16.5. The number of benzene rings is 1. The Bertz CT molecular complexity index is 440. The smallest absolute Gasteiger partial charge is 0.258 e. The van der Waals surface area contributed by atoms with Gasteiger partial charge in [-0.2, -0.15) is 0 Å². The molecule has 0 radical (unpaired) electrons. The number of carbonyl (C=O) groups excluding carboxylic acids is 1. The number of nitrogens with one attached hydrogen (secondary N) is 1. The predicted molar refractivity (Wildman–Crippen MR) is 76.1 cm³/mol. The lowest BCUT2D eigenvalue weighted by molar-refractivity contribution is -0.124. The molecule has 1 aliphatic rings. The van der Waals surface area contributed by atoms with Crippen molar-refractivity contribution in [2.24, 2.45) is 0 Å². The zero-order chi connectivity index (χ0) is 13.7. The van der Waals surface area contributed by atoms with Crippen LogP contribution in [0.2, 0.25) is 0 Å². The van der Waals surface area contributed by atoms with Crippen LogP contribution < -0.4 is 15.8 Å². The number of hydrogen-bond donors (Lipinski definition) is 2. The van der Waals surface area contributed by atoms with Crippen LogP contribution in [0.1, 0.15) is 37.7 Å². The minimum absolute atomic E-state index is 0.0475. The Kier molecular flexibility index (Phi) is 4.66. The molecule has 1 aliphatic carbocycles. The molecule has 1 saturated carbocycles. The maximum Gasteiger partial charge on any atom is 0.258 e. The quantitative estimate of drug-likeness (QED) is 0.819. The Morgan fingerprint density at radius 1 is 1.37 bits per heavy atom. The lowest BCUT2D eigenvalue weighted by Gasteiger charge is -2.22. The van der Waals surface area contributed by atoms with Crippen molar-refractivity contribution in [1.82, 2.24) is 5.32 Å². The molecule has 0 heterocycles. The number of anilines is 1. The molecule has 4 heteroatoms. The summed E-state index contributed by atoms with van der Waals surface area (Å²) < 4.78 is 5.53. The number of hydrogen-bond acceptors (Lipinski definition) is 3. The summed E-state index contributed by atoms with van der Waals surface area (Å²) in [6.07, 6.45) is 5.87. The van der Waals surface area contributed by atoms with Crippen LogP contribution in [0.4, 0.5) is 5.69 Å². The van der Waals surface area contributed by atoms with Gasteiger partial charge in [0.15, 0.2) is 6.61 Å². The van der Waals surface area contributed by atoms with Crippen LogP contribution in [0.25, 0.3) is 0 Å². The molecule has 0 aromatic heterocycles. The van der Waals surface area contributed by atoms with Crippen molar-refractivity contribution < 1.29 is 9.53 Å². The van der Waals surface area contributed by atoms with Crippen LogP contribution >= 0.6 is 0 Å². The van der Waals surface area contributed by atoms with Gasteiger partial charge < -0.3 is 15.8 Å². The van der Waals surface area contributed by atoms with Gasteiger partial charge in [0.2, 0.25) is 0 Å². The van der Waals surface area contributed by atoms with Crippen LogP contribution in [-0.2, 0) is 4.79 Å². The van der Waals surface area contributed by atoms with Gasteiger partial charge in [0.05, 0.1) is 0 Å². The number of rotatable bonds is 4. The minimum Gasteiger partial charge on any atom is -0.483 e. The van der Waals surface area contributed by atoms with Gasteiger partial charge in [0, 0.05) is 17.3 Å². The normalized spacial score (nSPS) is 16.1. The van der Waals surface area contributed by atoms with Gasteiger partial charge in [0.1, 0.15) is 5.75 Å². The van der Waals surface area contributed by atoms with E-state index in [0.717, 1.165) is 18.4 Å². The van der Waals surface area contributed by atoms with Gasteiger partial charge in [-0.25, -0.2) is 0 Å². The van der Waals surface area contributed by atoms with Crippen molar-refractivity contribution >= 4 is 11.6 Å². The molecule has 0 spiro atoms. The van der Waals surface area contributed by atoms with Crippen molar-refractivity contribution in [3.05, 3.63) is 23.8 Å². The Hall–Kier alpha value is -1.71. The van der Waals surface area contributed by atoms with Crippen LogP contribution in [0.3, 0.4) is 0 Å². The van der Waals surface area contributed by atoms with Crippen LogP contribution in [0.15, 0.2) is 18.2 Å². The summed E-state index contributed by atoms with van der Waals surface area (Å²) >= 11 is 0. The fourth-order valence-corrected chi connectivity index (χ4v) is 2.45. The van der Waals surface area contributed by atoms with Crippen LogP contribution in [0.5, 0.6) is 5.75 Å². The number of amides is 1. The van der Waals surface area contributed by atoms with Gasteiger partial charge in [-0.3, -0.25) is 4.79 Å². The van der Waals surface area contributed by atoms with E-state index >= 15 is 0 Å². The molecule has 4 nitrogen and oxygen atoms in total. The van der Waals surface area contributed by atoms with Gasteiger partial charge >= 0.3 is 0 Å². The van der Waals surface area contributed by atoms with Crippen molar-refractivity contribution in [2.75, 3.05) is 12.3 Å². The zero-order valence-electron chi connectivity index (χ0n) is 11.4. The first-order valence-electron chi connectivity index (χ1n) is 6.94. The third-order valence-electron chi connectivity index (χ3n) is 3.66. The second-order valence-corrected chi connectivity index (χ2v) is 5.16. The highest BCUT2D eigenvalue weighted by molar-refractivity contribution is 5.78.